The van der Waals surface area contributed by atoms with E-state index in [0.29, 0.717) is 11.1 Å². The van der Waals surface area contributed by atoms with Crippen molar-refractivity contribution in [3.8, 4) is 0 Å². The summed E-state index contributed by atoms with van der Waals surface area (Å²) in [5.74, 6) is -1.36. The van der Waals surface area contributed by atoms with Crippen LogP contribution < -0.4 is 5.32 Å². The minimum Gasteiger partial charge on any atom is -0.337 e. The fraction of sp³-hybridized carbons (Fsp3) is 0.118. The summed E-state index contributed by atoms with van der Waals surface area (Å²) in [5, 5.41) is 2.56. The number of anilines is 1. The zero-order chi connectivity index (χ0) is 17.5. The van der Waals surface area contributed by atoms with Crippen molar-refractivity contribution >= 4 is 26.5 Å². The van der Waals surface area contributed by atoms with Gasteiger partial charge in [-0.3, -0.25) is 0 Å². The molecule has 0 radical (unpaired) electrons. The number of nitrogens with one attached hydrogen (secondary N) is 1. The van der Waals surface area contributed by atoms with Gasteiger partial charge in [0.15, 0.2) is 0 Å². The first-order valence-corrected chi connectivity index (χ1v) is 8.57. The Morgan fingerprint density at radius 2 is 1.67 bits per heavy atom. The number of sulfonamides is 1. The second-order valence-electron chi connectivity index (χ2n) is 5.48. The van der Waals surface area contributed by atoms with Crippen molar-refractivity contribution in [2.24, 2.45) is 4.40 Å². The largest absolute Gasteiger partial charge is 0.337 e. The molecule has 3 rings (SSSR count). The Bertz CT molecular complexity index is 978. The maximum absolute atomic E-state index is 13.8. The van der Waals surface area contributed by atoms with Crippen LogP contribution in [0.5, 0.6) is 0 Å². The van der Waals surface area contributed by atoms with E-state index in [1.807, 2.05) is 6.92 Å². The third kappa shape index (κ3) is 2.94. The molecular weight excluding hydrogens is 334 g/mol. The van der Waals surface area contributed by atoms with Gasteiger partial charge in [-0.15, -0.1) is 4.40 Å². The number of aryl methyl sites for hydroxylation is 1. The van der Waals surface area contributed by atoms with Gasteiger partial charge in [-0.1, -0.05) is 29.8 Å². The lowest BCUT2D eigenvalue weighted by Gasteiger charge is -2.08. The van der Waals surface area contributed by atoms with E-state index >= 15 is 0 Å². The zero-order valence-corrected chi connectivity index (χ0v) is 13.8. The summed E-state index contributed by atoms with van der Waals surface area (Å²) in [5.41, 5.74) is 1.67. The fourth-order valence-electron chi connectivity index (χ4n) is 2.44. The molecule has 0 bridgehead atoms. The lowest BCUT2D eigenvalue weighted by molar-refractivity contribution is 0.604. The van der Waals surface area contributed by atoms with E-state index in [9.17, 15) is 17.2 Å². The summed E-state index contributed by atoms with van der Waals surface area (Å²) in [7, 11) is -3.91. The van der Waals surface area contributed by atoms with Gasteiger partial charge in [0.1, 0.15) is 22.4 Å². The van der Waals surface area contributed by atoms with Crippen LogP contribution in [-0.2, 0) is 10.0 Å². The van der Waals surface area contributed by atoms with Crippen LogP contribution in [0, 0.1) is 18.6 Å². The third-order valence-corrected chi connectivity index (χ3v) is 5.14. The number of rotatable bonds is 2. The lowest BCUT2D eigenvalue weighted by atomic mass is 10.1. The Morgan fingerprint density at radius 3 is 2.33 bits per heavy atom. The van der Waals surface area contributed by atoms with Crippen LogP contribution >= 0.6 is 0 Å². The quantitative estimate of drug-likeness (QED) is 0.897. The normalized spacial score (nSPS) is 16.2. The second-order valence-corrected chi connectivity index (χ2v) is 7.03. The standard InChI is InChI=1S/C17H14F2N2O2S/c1-10-3-5-12(6-4-10)16-11(2)17(21-24(16,22)23)20-15-9-13(18)7-8-14(15)19/h3-9H,1-2H3,(H,20,21). The van der Waals surface area contributed by atoms with Crippen molar-refractivity contribution < 1.29 is 17.2 Å². The summed E-state index contributed by atoms with van der Waals surface area (Å²) < 4.78 is 55.4. The van der Waals surface area contributed by atoms with Crippen molar-refractivity contribution in [1.29, 1.82) is 0 Å². The third-order valence-electron chi connectivity index (χ3n) is 3.66. The van der Waals surface area contributed by atoms with E-state index in [1.165, 1.54) is 0 Å². The van der Waals surface area contributed by atoms with Gasteiger partial charge < -0.3 is 5.32 Å². The molecule has 0 saturated carbocycles. The molecule has 0 amide bonds. The molecule has 0 aliphatic carbocycles. The predicted molar refractivity (Wildman–Crippen MR) is 90.1 cm³/mol. The monoisotopic (exact) mass is 348 g/mol. The highest BCUT2D eigenvalue weighted by Crippen LogP contribution is 2.33. The van der Waals surface area contributed by atoms with E-state index in [4.69, 9.17) is 0 Å². The number of halogens is 2. The van der Waals surface area contributed by atoms with E-state index in [1.54, 1.807) is 31.2 Å². The molecule has 0 aromatic heterocycles. The van der Waals surface area contributed by atoms with Gasteiger partial charge in [-0.2, -0.15) is 8.42 Å². The Kier molecular flexibility index (Phi) is 3.96. The Labute approximate surface area is 138 Å². The number of benzene rings is 2. The van der Waals surface area contributed by atoms with E-state index in [-0.39, 0.29) is 16.4 Å². The molecule has 4 nitrogen and oxygen atoms in total. The minimum absolute atomic E-state index is 0.0184. The molecule has 1 aliphatic rings. The smallest absolute Gasteiger partial charge is 0.285 e. The van der Waals surface area contributed by atoms with Crippen LogP contribution in [0.4, 0.5) is 14.5 Å². The summed E-state index contributed by atoms with van der Waals surface area (Å²) in [6, 6.07) is 9.85. The molecule has 0 saturated heterocycles. The molecule has 0 atom stereocenters. The van der Waals surface area contributed by atoms with Gasteiger partial charge in [0.05, 0.1) is 5.69 Å². The van der Waals surface area contributed by atoms with Crippen molar-refractivity contribution in [2.75, 3.05) is 5.32 Å². The Morgan fingerprint density at radius 1 is 1.00 bits per heavy atom. The second kappa shape index (κ2) is 5.83. The van der Waals surface area contributed by atoms with Gasteiger partial charge in [0.2, 0.25) is 0 Å². The number of hydrogen-bond donors (Lipinski definition) is 1. The van der Waals surface area contributed by atoms with Crippen LogP contribution in [0.3, 0.4) is 0 Å². The highest BCUT2D eigenvalue weighted by atomic mass is 32.2. The SMILES string of the molecule is CC1=C(c2ccc(C)cc2)S(=O)(=O)N=C1Nc1cc(F)ccc1F. The van der Waals surface area contributed by atoms with Crippen molar-refractivity contribution in [2.45, 2.75) is 13.8 Å². The van der Waals surface area contributed by atoms with Crippen molar-refractivity contribution in [3.63, 3.8) is 0 Å². The van der Waals surface area contributed by atoms with Gasteiger partial charge in [-0.25, -0.2) is 8.78 Å². The highest BCUT2D eigenvalue weighted by molar-refractivity contribution is 8.00. The number of amidine groups is 1. The fourth-order valence-corrected chi connectivity index (χ4v) is 3.87. The summed E-state index contributed by atoms with van der Waals surface area (Å²) in [6.45, 7) is 3.47. The molecule has 1 heterocycles. The van der Waals surface area contributed by atoms with Crippen molar-refractivity contribution in [1.82, 2.24) is 0 Å². The zero-order valence-electron chi connectivity index (χ0n) is 13.0. The van der Waals surface area contributed by atoms with E-state index in [0.717, 1.165) is 23.8 Å². The van der Waals surface area contributed by atoms with Gasteiger partial charge >= 0.3 is 0 Å². The number of hydrogen-bond acceptors (Lipinski definition) is 3. The van der Waals surface area contributed by atoms with Gasteiger partial charge in [-0.05, 0) is 31.5 Å². The molecule has 1 N–H and O–H groups in total. The van der Waals surface area contributed by atoms with Gasteiger partial charge in [0.25, 0.3) is 10.0 Å². The van der Waals surface area contributed by atoms with Crippen LogP contribution in [0.25, 0.3) is 4.91 Å². The first-order chi connectivity index (χ1) is 11.3. The molecule has 2 aromatic rings. The van der Waals surface area contributed by atoms with Crippen LogP contribution in [0.15, 0.2) is 52.4 Å². The average Bonchev–Trinajstić information content (AvgIpc) is 2.73. The first-order valence-electron chi connectivity index (χ1n) is 7.13. The topological polar surface area (TPSA) is 58.5 Å². The molecular formula is C17H14F2N2O2S. The molecule has 124 valence electrons. The van der Waals surface area contributed by atoms with Crippen LogP contribution in [0.2, 0.25) is 0 Å². The minimum atomic E-state index is -3.91. The molecule has 2 aromatic carbocycles. The predicted octanol–water partition coefficient (Wildman–Crippen LogP) is 3.86. The van der Waals surface area contributed by atoms with Crippen LogP contribution in [0.1, 0.15) is 18.1 Å². The summed E-state index contributed by atoms with van der Waals surface area (Å²) in [4.78, 5) is 0.0572. The van der Waals surface area contributed by atoms with E-state index in [2.05, 4.69) is 9.71 Å². The molecule has 0 unspecified atom stereocenters. The molecule has 7 heteroatoms. The maximum atomic E-state index is 13.8. The first kappa shape index (κ1) is 16.3. The lowest BCUT2D eigenvalue weighted by Crippen LogP contribution is -2.12. The molecule has 24 heavy (non-hydrogen) atoms. The van der Waals surface area contributed by atoms with Gasteiger partial charge in [0, 0.05) is 11.6 Å². The molecule has 0 spiro atoms. The summed E-state index contributed by atoms with van der Waals surface area (Å²) in [6.07, 6.45) is 0. The Hall–Kier alpha value is -2.54. The maximum Gasteiger partial charge on any atom is 0.285 e. The van der Waals surface area contributed by atoms with Crippen molar-refractivity contribution in [3.05, 3.63) is 70.8 Å². The number of nitrogens with zero attached hydrogens (tertiary/aromatic N) is 1. The Balaban J connectivity index is 2.04. The van der Waals surface area contributed by atoms with Crippen LogP contribution in [-0.4, -0.2) is 14.3 Å². The van der Waals surface area contributed by atoms with E-state index < -0.39 is 21.7 Å². The molecule has 0 fully saturated rings. The molecule has 1 aliphatic heterocycles. The average molecular weight is 348 g/mol. The summed E-state index contributed by atoms with van der Waals surface area (Å²) >= 11 is 0. The highest BCUT2D eigenvalue weighted by Gasteiger charge is 2.31.